The van der Waals surface area contributed by atoms with Gasteiger partial charge < -0.3 is 15.0 Å². The minimum atomic E-state index is -0.231. The summed E-state index contributed by atoms with van der Waals surface area (Å²) in [7, 11) is 1.61. The quantitative estimate of drug-likeness (QED) is 0.876. The number of methoxy groups -OCH3 is 1. The maximum atomic E-state index is 12.0. The summed E-state index contributed by atoms with van der Waals surface area (Å²) in [4.78, 5) is 26.9. The highest BCUT2D eigenvalue weighted by Gasteiger charge is 2.24. The van der Waals surface area contributed by atoms with Gasteiger partial charge in [0.05, 0.1) is 7.11 Å². The Morgan fingerprint density at radius 1 is 1.15 bits per heavy atom. The van der Waals surface area contributed by atoms with Gasteiger partial charge in [0.1, 0.15) is 11.4 Å². The van der Waals surface area contributed by atoms with E-state index in [0.717, 1.165) is 17.0 Å². The van der Waals surface area contributed by atoms with Crippen molar-refractivity contribution in [3.63, 3.8) is 0 Å². The third-order valence-corrected chi connectivity index (χ3v) is 3.38. The zero-order chi connectivity index (χ0) is 14.1. The van der Waals surface area contributed by atoms with Crippen LogP contribution in [0.15, 0.2) is 30.3 Å². The van der Waals surface area contributed by atoms with Crippen molar-refractivity contribution in [1.82, 2.24) is 10.3 Å². The number of hydrogen-bond donors (Lipinski definition) is 2. The Hall–Kier alpha value is -2.56. The van der Waals surface area contributed by atoms with E-state index in [1.165, 1.54) is 0 Å². The van der Waals surface area contributed by atoms with Crippen LogP contribution in [0.1, 0.15) is 27.3 Å². The smallest absolute Gasteiger partial charge is 0.268 e. The summed E-state index contributed by atoms with van der Waals surface area (Å²) in [6, 6.07) is 9.18. The van der Waals surface area contributed by atoms with Gasteiger partial charge in [0, 0.05) is 24.2 Å². The molecule has 0 radical (unpaired) electrons. The Morgan fingerprint density at radius 2 is 1.90 bits per heavy atom. The van der Waals surface area contributed by atoms with Crippen molar-refractivity contribution in [2.75, 3.05) is 13.7 Å². The monoisotopic (exact) mass is 270 g/mol. The van der Waals surface area contributed by atoms with Crippen LogP contribution in [-0.2, 0) is 0 Å². The average molecular weight is 270 g/mol. The second kappa shape index (κ2) is 4.85. The molecule has 20 heavy (non-hydrogen) atoms. The predicted molar refractivity (Wildman–Crippen MR) is 74.1 cm³/mol. The summed E-state index contributed by atoms with van der Waals surface area (Å²) in [5.41, 5.74) is 2.46. The third kappa shape index (κ3) is 2.07. The lowest BCUT2D eigenvalue weighted by atomic mass is 10.1. The maximum absolute atomic E-state index is 12.0. The summed E-state index contributed by atoms with van der Waals surface area (Å²) in [5, 5.41) is 2.70. The molecule has 2 heterocycles. The molecule has 0 fully saturated rings. The molecule has 5 nitrogen and oxygen atoms in total. The van der Waals surface area contributed by atoms with Crippen molar-refractivity contribution < 1.29 is 14.3 Å². The first-order chi connectivity index (χ1) is 9.69. The van der Waals surface area contributed by atoms with Crippen LogP contribution in [0, 0.1) is 0 Å². The van der Waals surface area contributed by atoms with Crippen LogP contribution < -0.4 is 10.1 Å². The number of carbonyl (C=O) groups is 2. The molecule has 1 aromatic carbocycles. The highest BCUT2D eigenvalue weighted by atomic mass is 16.5. The molecule has 1 aliphatic heterocycles. The molecule has 0 saturated heterocycles. The summed E-state index contributed by atoms with van der Waals surface area (Å²) in [5.74, 6) is 0.510. The molecule has 2 N–H and O–H groups in total. The molecular weight excluding hydrogens is 256 g/mol. The number of benzene rings is 1. The number of H-pyrrole nitrogens is 1. The molecule has 1 amide bonds. The van der Waals surface area contributed by atoms with Gasteiger partial charge in [-0.2, -0.15) is 0 Å². The first-order valence-electron chi connectivity index (χ1n) is 6.38. The summed E-state index contributed by atoms with van der Waals surface area (Å²) >= 11 is 0. The van der Waals surface area contributed by atoms with E-state index in [9.17, 15) is 9.59 Å². The van der Waals surface area contributed by atoms with Gasteiger partial charge in [0.25, 0.3) is 5.91 Å². The molecule has 0 saturated carbocycles. The number of ether oxygens (including phenoxy) is 1. The predicted octanol–water partition coefficient (Wildman–Crippen LogP) is 2.01. The zero-order valence-electron chi connectivity index (χ0n) is 11.0. The Bertz CT molecular complexity index is 637. The van der Waals surface area contributed by atoms with E-state index in [4.69, 9.17) is 4.74 Å². The van der Waals surface area contributed by atoms with Crippen LogP contribution in [0.2, 0.25) is 0 Å². The van der Waals surface area contributed by atoms with E-state index in [1.807, 2.05) is 24.3 Å². The summed E-state index contributed by atoms with van der Waals surface area (Å²) in [6.45, 7) is 0.387. The molecule has 1 aliphatic rings. The normalized spacial score (nSPS) is 14.4. The second-order valence-corrected chi connectivity index (χ2v) is 4.63. The molecule has 1 aromatic heterocycles. The van der Waals surface area contributed by atoms with Crippen LogP contribution in [0.25, 0.3) is 11.3 Å². The maximum Gasteiger partial charge on any atom is 0.268 e. The topological polar surface area (TPSA) is 71.2 Å². The number of ketones is 1. The number of carbonyl (C=O) groups excluding carboxylic acids is 2. The molecule has 102 valence electrons. The number of amides is 1. The molecule has 0 spiro atoms. The van der Waals surface area contributed by atoms with Crippen molar-refractivity contribution in [1.29, 1.82) is 0 Å². The SMILES string of the molecule is COc1ccc(-c2cc3c([nH]2)C(=O)NCCC3=O)cc1. The van der Waals surface area contributed by atoms with E-state index in [1.54, 1.807) is 13.2 Å². The van der Waals surface area contributed by atoms with Crippen molar-refractivity contribution in [3.8, 4) is 17.0 Å². The van der Waals surface area contributed by atoms with Crippen molar-refractivity contribution >= 4 is 11.7 Å². The van der Waals surface area contributed by atoms with Crippen molar-refractivity contribution in [3.05, 3.63) is 41.6 Å². The van der Waals surface area contributed by atoms with E-state index >= 15 is 0 Å². The van der Waals surface area contributed by atoms with Gasteiger partial charge in [-0.15, -0.1) is 0 Å². The number of Topliss-reactive ketones (excluding diaryl/α,β-unsaturated/α-hetero) is 1. The summed E-state index contributed by atoms with van der Waals surface area (Å²) in [6.07, 6.45) is 0.332. The fraction of sp³-hybridized carbons (Fsp3) is 0.200. The fourth-order valence-electron chi connectivity index (χ4n) is 2.29. The zero-order valence-corrected chi connectivity index (χ0v) is 11.0. The highest BCUT2D eigenvalue weighted by molar-refractivity contribution is 6.09. The summed E-state index contributed by atoms with van der Waals surface area (Å²) < 4.78 is 5.11. The Kier molecular flexibility index (Phi) is 3.02. The van der Waals surface area contributed by atoms with Crippen LogP contribution >= 0.6 is 0 Å². The van der Waals surface area contributed by atoms with E-state index < -0.39 is 0 Å². The van der Waals surface area contributed by atoms with Gasteiger partial charge in [0.15, 0.2) is 5.78 Å². The van der Waals surface area contributed by atoms with Crippen molar-refractivity contribution in [2.24, 2.45) is 0 Å². The number of hydrogen-bond acceptors (Lipinski definition) is 3. The lowest BCUT2D eigenvalue weighted by molar-refractivity contribution is 0.0952. The van der Waals surface area contributed by atoms with Crippen LogP contribution in [0.3, 0.4) is 0 Å². The highest BCUT2D eigenvalue weighted by Crippen LogP contribution is 2.25. The van der Waals surface area contributed by atoms with Crippen LogP contribution in [0.5, 0.6) is 5.75 Å². The molecule has 0 atom stereocenters. The van der Waals surface area contributed by atoms with E-state index in [-0.39, 0.29) is 11.7 Å². The van der Waals surface area contributed by atoms with Gasteiger partial charge in [-0.1, -0.05) is 0 Å². The fourth-order valence-corrected chi connectivity index (χ4v) is 2.29. The standard InChI is InChI=1S/C15H14N2O3/c1-20-10-4-2-9(3-5-10)12-8-11-13(18)6-7-16-15(19)14(11)17-12/h2-5,8,17H,6-7H2,1H3,(H,16,19). The largest absolute Gasteiger partial charge is 0.497 e. The first kappa shape index (κ1) is 12.5. The number of fused-ring (bicyclic) bond motifs is 1. The number of aromatic amines is 1. The molecule has 0 aliphatic carbocycles. The van der Waals surface area contributed by atoms with Gasteiger partial charge in [-0.25, -0.2) is 0 Å². The molecular formula is C15H14N2O3. The Labute approximate surface area is 116 Å². The van der Waals surface area contributed by atoms with Crippen LogP contribution in [-0.4, -0.2) is 30.3 Å². The van der Waals surface area contributed by atoms with Gasteiger partial charge >= 0.3 is 0 Å². The molecule has 3 rings (SSSR count). The Morgan fingerprint density at radius 3 is 2.60 bits per heavy atom. The van der Waals surface area contributed by atoms with E-state index in [0.29, 0.717) is 24.2 Å². The number of aromatic nitrogens is 1. The number of nitrogens with one attached hydrogen (secondary N) is 2. The molecule has 2 aromatic rings. The third-order valence-electron chi connectivity index (χ3n) is 3.38. The first-order valence-corrected chi connectivity index (χ1v) is 6.38. The van der Waals surface area contributed by atoms with Gasteiger partial charge in [0.2, 0.25) is 0 Å². The van der Waals surface area contributed by atoms with Gasteiger partial charge in [-0.3, -0.25) is 9.59 Å². The van der Waals surface area contributed by atoms with Gasteiger partial charge in [-0.05, 0) is 35.9 Å². The van der Waals surface area contributed by atoms with Crippen LogP contribution in [0.4, 0.5) is 0 Å². The molecule has 0 unspecified atom stereocenters. The number of rotatable bonds is 2. The van der Waals surface area contributed by atoms with E-state index in [2.05, 4.69) is 10.3 Å². The second-order valence-electron chi connectivity index (χ2n) is 4.63. The van der Waals surface area contributed by atoms with Crippen molar-refractivity contribution in [2.45, 2.75) is 6.42 Å². The Balaban J connectivity index is 2.03. The average Bonchev–Trinajstić information content (AvgIpc) is 2.87. The lowest BCUT2D eigenvalue weighted by Crippen LogP contribution is -2.23. The molecule has 5 heteroatoms. The lowest BCUT2D eigenvalue weighted by Gasteiger charge is -2.02. The molecule has 0 bridgehead atoms. The minimum absolute atomic E-state index is 0.0191. The minimum Gasteiger partial charge on any atom is -0.497 e.